The van der Waals surface area contributed by atoms with E-state index in [9.17, 15) is 9.59 Å². The normalized spacial score (nSPS) is 9.83. The van der Waals surface area contributed by atoms with E-state index in [1.165, 1.54) is 18.4 Å². The van der Waals surface area contributed by atoms with E-state index >= 15 is 0 Å². The molecule has 18 heavy (non-hydrogen) atoms. The van der Waals surface area contributed by atoms with Gasteiger partial charge in [-0.15, -0.1) is 11.3 Å². The number of benzene rings is 1. The van der Waals surface area contributed by atoms with Gasteiger partial charge in [0.25, 0.3) is 0 Å². The average Bonchev–Trinajstić information content (AvgIpc) is 2.86. The highest BCUT2D eigenvalue weighted by Gasteiger charge is 2.16. The first kappa shape index (κ1) is 12.3. The fraction of sp³-hybridized carbons (Fsp3) is 0.0769. The zero-order valence-corrected chi connectivity index (χ0v) is 10.5. The second-order valence-electron chi connectivity index (χ2n) is 3.48. The van der Waals surface area contributed by atoms with Gasteiger partial charge in [0.2, 0.25) is 0 Å². The predicted molar refractivity (Wildman–Crippen MR) is 70.2 cm³/mol. The van der Waals surface area contributed by atoms with E-state index in [2.05, 4.69) is 10.1 Å². The molecule has 0 saturated heterocycles. The molecule has 0 unspecified atom stereocenters. The molecule has 0 atom stereocenters. The number of carbonyl (C=O) groups is 2. The molecule has 4 nitrogen and oxygen atoms in total. The van der Waals surface area contributed by atoms with Crippen molar-refractivity contribution in [3.8, 4) is 0 Å². The van der Waals surface area contributed by atoms with Crippen LogP contribution in [-0.2, 0) is 4.74 Å². The number of anilines is 1. The second kappa shape index (κ2) is 5.46. The Morgan fingerprint density at radius 2 is 1.89 bits per heavy atom. The van der Waals surface area contributed by atoms with Crippen molar-refractivity contribution in [3.63, 3.8) is 0 Å². The fourth-order valence-electron chi connectivity index (χ4n) is 1.47. The third kappa shape index (κ3) is 2.57. The molecular weight excluding hydrogens is 250 g/mol. The highest BCUT2D eigenvalue weighted by atomic mass is 32.1. The number of ketones is 1. The van der Waals surface area contributed by atoms with E-state index in [1.54, 1.807) is 35.7 Å². The average molecular weight is 261 g/mol. The van der Waals surface area contributed by atoms with Crippen LogP contribution in [0.4, 0.5) is 9.80 Å². The molecule has 2 rings (SSSR count). The Hall–Kier alpha value is -2.14. The van der Waals surface area contributed by atoms with Gasteiger partial charge in [-0.25, -0.2) is 4.79 Å². The number of rotatable bonds is 3. The van der Waals surface area contributed by atoms with Crippen molar-refractivity contribution in [3.05, 3.63) is 52.9 Å². The van der Waals surface area contributed by atoms with Crippen LogP contribution in [0.5, 0.6) is 0 Å². The summed E-state index contributed by atoms with van der Waals surface area (Å²) in [4.78, 5) is 23.4. The zero-order chi connectivity index (χ0) is 13.0. The number of thiophene rings is 1. The lowest BCUT2D eigenvalue weighted by Crippen LogP contribution is -2.12. The summed E-state index contributed by atoms with van der Waals surface area (Å²) in [5.74, 6) is -0.122. The lowest BCUT2D eigenvalue weighted by Gasteiger charge is -2.04. The monoisotopic (exact) mass is 261 g/mol. The van der Waals surface area contributed by atoms with Crippen LogP contribution in [0.3, 0.4) is 0 Å². The zero-order valence-electron chi connectivity index (χ0n) is 9.67. The van der Waals surface area contributed by atoms with Crippen molar-refractivity contribution >= 4 is 28.2 Å². The van der Waals surface area contributed by atoms with Crippen molar-refractivity contribution in [1.82, 2.24) is 0 Å². The van der Waals surface area contributed by atoms with E-state index in [4.69, 9.17) is 0 Å². The van der Waals surface area contributed by atoms with Crippen LogP contribution in [0.15, 0.2) is 41.8 Å². The maximum atomic E-state index is 12.2. The van der Waals surface area contributed by atoms with E-state index in [0.717, 1.165) is 0 Å². The Labute approximate surface area is 108 Å². The van der Waals surface area contributed by atoms with Gasteiger partial charge in [-0.05, 0) is 11.4 Å². The van der Waals surface area contributed by atoms with Crippen molar-refractivity contribution in [2.75, 3.05) is 12.4 Å². The summed E-state index contributed by atoms with van der Waals surface area (Å²) in [5.41, 5.74) is 1.06. The van der Waals surface area contributed by atoms with Gasteiger partial charge in [0.05, 0.1) is 12.7 Å². The lowest BCUT2D eigenvalue weighted by atomic mass is 10.1. The quantitative estimate of drug-likeness (QED) is 0.863. The lowest BCUT2D eigenvalue weighted by molar-refractivity contribution is 0.104. The Balaban J connectivity index is 2.27. The Morgan fingerprint density at radius 3 is 2.56 bits per heavy atom. The van der Waals surface area contributed by atoms with Crippen molar-refractivity contribution in [2.24, 2.45) is 0 Å². The number of methoxy groups -OCH3 is 1. The van der Waals surface area contributed by atoms with E-state index in [1.807, 2.05) is 6.07 Å². The van der Waals surface area contributed by atoms with Gasteiger partial charge >= 0.3 is 6.09 Å². The minimum absolute atomic E-state index is 0.122. The highest BCUT2D eigenvalue weighted by molar-refractivity contribution is 7.14. The molecule has 0 fully saturated rings. The van der Waals surface area contributed by atoms with Gasteiger partial charge in [0.15, 0.2) is 5.78 Å². The molecule has 0 aliphatic carbocycles. The predicted octanol–water partition coefficient (Wildman–Crippen LogP) is 3.16. The minimum atomic E-state index is -0.584. The molecule has 0 bridgehead atoms. The molecule has 1 N–H and O–H groups in total. The molecule has 0 radical (unpaired) electrons. The summed E-state index contributed by atoms with van der Waals surface area (Å²) in [5, 5.41) is 4.77. The van der Waals surface area contributed by atoms with Crippen LogP contribution in [0.1, 0.15) is 15.9 Å². The molecule has 92 valence electrons. The molecule has 0 saturated carbocycles. The molecule has 0 aliphatic heterocycles. The first-order valence-electron chi connectivity index (χ1n) is 5.24. The van der Waals surface area contributed by atoms with E-state index in [0.29, 0.717) is 16.1 Å². The summed E-state index contributed by atoms with van der Waals surface area (Å²) < 4.78 is 4.51. The largest absolute Gasteiger partial charge is 0.453 e. The van der Waals surface area contributed by atoms with Gasteiger partial charge in [-0.2, -0.15) is 0 Å². The number of hydrogen-bond donors (Lipinski definition) is 1. The molecule has 0 spiro atoms. The van der Waals surface area contributed by atoms with Crippen LogP contribution >= 0.6 is 11.3 Å². The summed E-state index contributed by atoms with van der Waals surface area (Å²) in [6.45, 7) is 0. The van der Waals surface area contributed by atoms with Crippen molar-refractivity contribution in [2.45, 2.75) is 0 Å². The summed E-state index contributed by atoms with van der Waals surface area (Å²) >= 11 is 1.28. The fourth-order valence-corrected chi connectivity index (χ4v) is 2.24. The molecule has 5 heteroatoms. The second-order valence-corrected chi connectivity index (χ2v) is 4.39. The van der Waals surface area contributed by atoms with Gasteiger partial charge in [-0.3, -0.25) is 10.1 Å². The number of ether oxygens (including phenoxy) is 1. The molecule has 1 amide bonds. The third-order valence-corrected chi connectivity index (χ3v) is 3.18. The molecule has 1 aromatic carbocycles. The van der Waals surface area contributed by atoms with Gasteiger partial charge < -0.3 is 4.74 Å². The molecule has 0 aliphatic rings. The summed E-state index contributed by atoms with van der Waals surface area (Å²) in [7, 11) is 1.28. The summed E-state index contributed by atoms with van der Waals surface area (Å²) in [6, 6.07) is 10.6. The van der Waals surface area contributed by atoms with Gasteiger partial charge in [-0.1, -0.05) is 30.3 Å². The Bertz CT molecular complexity index is 563. The van der Waals surface area contributed by atoms with E-state index in [-0.39, 0.29) is 5.78 Å². The SMILES string of the molecule is COC(=O)Nc1sccc1C(=O)c1ccccc1. The molecule has 1 aromatic heterocycles. The smallest absolute Gasteiger partial charge is 0.411 e. The number of carbonyl (C=O) groups excluding carboxylic acids is 2. The summed E-state index contributed by atoms with van der Waals surface area (Å²) in [6.07, 6.45) is -0.584. The maximum Gasteiger partial charge on any atom is 0.411 e. The Kier molecular flexibility index (Phi) is 3.74. The number of nitrogens with one attached hydrogen (secondary N) is 1. The van der Waals surface area contributed by atoms with E-state index < -0.39 is 6.09 Å². The maximum absolute atomic E-state index is 12.2. The molecular formula is C13H11NO3S. The van der Waals surface area contributed by atoms with Crippen molar-refractivity contribution in [1.29, 1.82) is 0 Å². The van der Waals surface area contributed by atoms with Crippen LogP contribution in [0.2, 0.25) is 0 Å². The van der Waals surface area contributed by atoms with Crippen LogP contribution in [-0.4, -0.2) is 19.0 Å². The van der Waals surface area contributed by atoms with Gasteiger partial charge in [0, 0.05) is 5.56 Å². The Morgan fingerprint density at radius 1 is 1.17 bits per heavy atom. The van der Waals surface area contributed by atoms with Crippen LogP contribution < -0.4 is 5.32 Å². The first-order chi connectivity index (χ1) is 8.72. The standard InChI is InChI=1S/C13H11NO3S/c1-17-13(16)14-12-10(7-8-18-12)11(15)9-5-3-2-4-6-9/h2-8H,1H3,(H,14,16). The van der Waals surface area contributed by atoms with Crippen LogP contribution in [0, 0.1) is 0 Å². The number of hydrogen-bond acceptors (Lipinski definition) is 4. The first-order valence-corrected chi connectivity index (χ1v) is 6.12. The topological polar surface area (TPSA) is 55.4 Å². The van der Waals surface area contributed by atoms with Crippen molar-refractivity contribution < 1.29 is 14.3 Å². The minimum Gasteiger partial charge on any atom is -0.453 e. The molecule has 2 aromatic rings. The third-order valence-electron chi connectivity index (χ3n) is 2.35. The van der Waals surface area contributed by atoms with Gasteiger partial charge in [0.1, 0.15) is 5.00 Å². The van der Waals surface area contributed by atoms with Crippen LogP contribution in [0.25, 0.3) is 0 Å². The number of amides is 1. The molecule has 1 heterocycles. The highest BCUT2D eigenvalue weighted by Crippen LogP contribution is 2.25.